The van der Waals surface area contributed by atoms with Crippen molar-refractivity contribution >= 4 is 25.0 Å². The van der Waals surface area contributed by atoms with Crippen molar-refractivity contribution in [2.24, 2.45) is 0 Å². The summed E-state index contributed by atoms with van der Waals surface area (Å²) in [6, 6.07) is 0. The third-order valence-electron chi connectivity index (χ3n) is 3.54. The molecule has 0 radical (unpaired) electrons. The number of methoxy groups -OCH3 is 1. The minimum Gasteiger partial charge on any atom is -0.415 e. The van der Waals surface area contributed by atoms with E-state index in [0.717, 1.165) is 0 Å². The first-order chi connectivity index (χ1) is 11.1. The van der Waals surface area contributed by atoms with Gasteiger partial charge >= 0.3 is 0 Å². The first-order valence-electron chi connectivity index (χ1n) is 8.99. The summed E-state index contributed by atoms with van der Waals surface area (Å²) >= 11 is 0. The SMILES string of the molecule is COC1C(O)OC(CO[Si](C)(C)C)C(O[Si](C)(C)C)C1O[Si](C)(C)C. The molecule has 1 aliphatic heterocycles. The van der Waals surface area contributed by atoms with Crippen molar-refractivity contribution in [3.63, 3.8) is 0 Å². The van der Waals surface area contributed by atoms with E-state index in [1.165, 1.54) is 0 Å². The highest BCUT2D eigenvalue weighted by Crippen LogP contribution is 2.31. The van der Waals surface area contributed by atoms with Crippen molar-refractivity contribution in [1.29, 1.82) is 0 Å². The summed E-state index contributed by atoms with van der Waals surface area (Å²) < 4.78 is 30.3. The second kappa shape index (κ2) is 8.61. The van der Waals surface area contributed by atoms with Crippen LogP contribution in [0.5, 0.6) is 0 Å². The summed E-state index contributed by atoms with van der Waals surface area (Å²) in [5.74, 6) is 0. The molecule has 1 heterocycles. The molecule has 1 aliphatic rings. The second-order valence-electron chi connectivity index (χ2n) is 9.58. The molecule has 5 unspecified atom stereocenters. The van der Waals surface area contributed by atoms with Crippen LogP contribution in [0.15, 0.2) is 0 Å². The highest BCUT2D eigenvalue weighted by molar-refractivity contribution is 6.70. The minimum absolute atomic E-state index is 0.317. The predicted octanol–water partition coefficient (Wildman–Crippen LogP) is 3.01. The van der Waals surface area contributed by atoms with Gasteiger partial charge in [0.1, 0.15) is 24.4 Å². The Balaban J connectivity index is 3.12. The third kappa shape index (κ3) is 8.31. The number of ether oxygens (including phenoxy) is 2. The third-order valence-corrected chi connectivity index (χ3v) is 6.53. The van der Waals surface area contributed by atoms with Gasteiger partial charge in [0.05, 0.1) is 6.61 Å². The van der Waals surface area contributed by atoms with Gasteiger partial charge in [0, 0.05) is 7.11 Å². The lowest BCUT2D eigenvalue weighted by Crippen LogP contribution is -2.64. The first kappa shape index (κ1) is 23.5. The van der Waals surface area contributed by atoms with E-state index in [2.05, 4.69) is 58.9 Å². The van der Waals surface area contributed by atoms with Gasteiger partial charge in [0.25, 0.3) is 0 Å². The molecule has 0 amide bonds. The zero-order valence-corrected chi connectivity index (χ0v) is 20.6. The van der Waals surface area contributed by atoms with Crippen LogP contribution in [0, 0.1) is 0 Å². The second-order valence-corrected chi connectivity index (χ2v) is 23.0. The fraction of sp³-hybridized carbons (Fsp3) is 1.00. The first-order valence-corrected chi connectivity index (χ1v) is 19.2. The molecule has 0 aromatic heterocycles. The molecule has 1 rings (SSSR count). The van der Waals surface area contributed by atoms with E-state index < -0.39 is 37.3 Å². The topological polar surface area (TPSA) is 66.4 Å². The zero-order valence-electron chi connectivity index (χ0n) is 17.6. The molecule has 1 saturated heterocycles. The highest BCUT2D eigenvalue weighted by Gasteiger charge is 2.50. The number of rotatable bonds is 8. The zero-order chi connectivity index (χ0) is 19.6. The monoisotopic (exact) mass is 410 g/mol. The molecule has 1 N–H and O–H groups in total. The van der Waals surface area contributed by atoms with Crippen LogP contribution in [0.1, 0.15) is 0 Å². The summed E-state index contributed by atoms with van der Waals surface area (Å²) in [6.07, 6.45) is -2.69. The average Bonchev–Trinajstić information content (AvgIpc) is 2.36. The van der Waals surface area contributed by atoms with Crippen LogP contribution >= 0.6 is 0 Å². The van der Waals surface area contributed by atoms with Crippen LogP contribution in [0.3, 0.4) is 0 Å². The molecule has 150 valence electrons. The minimum atomic E-state index is -1.88. The van der Waals surface area contributed by atoms with Crippen LogP contribution in [0.4, 0.5) is 0 Å². The molecule has 5 atom stereocenters. The van der Waals surface area contributed by atoms with Gasteiger partial charge in [-0.15, -0.1) is 0 Å². The van der Waals surface area contributed by atoms with Crippen LogP contribution < -0.4 is 0 Å². The van der Waals surface area contributed by atoms with Gasteiger partial charge in [0.15, 0.2) is 31.2 Å². The van der Waals surface area contributed by atoms with Crippen molar-refractivity contribution in [2.75, 3.05) is 13.7 Å². The van der Waals surface area contributed by atoms with Crippen LogP contribution in [-0.2, 0) is 22.8 Å². The largest absolute Gasteiger partial charge is 0.415 e. The van der Waals surface area contributed by atoms with Crippen molar-refractivity contribution in [3.8, 4) is 0 Å². The van der Waals surface area contributed by atoms with Gasteiger partial charge in [-0.05, 0) is 58.9 Å². The average molecular weight is 411 g/mol. The van der Waals surface area contributed by atoms with Crippen LogP contribution in [0.2, 0.25) is 58.9 Å². The molecule has 1 fully saturated rings. The summed E-state index contributed by atoms with van der Waals surface area (Å²) in [5, 5.41) is 10.5. The number of aliphatic hydroxyl groups is 1. The van der Waals surface area contributed by atoms with E-state index in [9.17, 15) is 5.11 Å². The maximum absolute atomic E-state index is 10.5. The lowest BCUT2D eigenvalue weighted by atomic mass is 9.99. The summed E-state index contributed by atoms with van der Waals surface area (Å²) in [4.78, 5) is 0. The number of aliphatic hydroxyl groups excluding tert-OH is 1. The quantitative estimate of drug-likeness (QED) is 0.621. The highest BCUT2D eigenvalue weighted by atomic mass is 28.4. The fourth-order valence-electron chi connectivity index (χ4n) is 2.71. The molecule has 9 heteroatoms. The van der Waals surface area contributed by atoms with Gasteiger partial charge in [0.2, 0.25) is 0 Å². The molecule has 0 aliphatic carbocycles. The summed E-state index contributed by atoms with van der Waals surface area (Å²) in [6.45, 7) is 19.6. The molecule has 0 aromatic carbocycles. The van der Waals surface area contributed by atoms with E-state index in [-0.39, 0.29) is 18.3 Å². The Labute approximate surface area is 156 Å². The molecule has 0 saturated carbocycles. The predicted molar refractivity (Wildman–Crippen MR) is 107 cm³/mol. The fourth-order valence-corrected chi connectivity index (χ4v) is 5.56. The van der Waals surface area contributed by atoms with Crippen molar-refractivity contribution in [2.45, 2.75) is 89.6 Å². The van der Waals surface area contributed by atoms with Crippen molar-refractivity contribution in [1.82, 2.24) is 0 Å². The standard InChI is InChI=1S/C16H38O6Si3/c1-18-15-14(22-25(8,9)10)13(21-24(5,6)7)12(20-16(15)17)11-19-23(2,3)4/h12-17H,11H2,1-10H3. The molecule has 0 aromatic rings. The van der Waals surface area contributed by atoms with Gasteiger partial charge in [-0.2, -0.15) is 0 Å². The number of hydrogen-bond acceptors (Lipinski definition) is 6. The lowest BCUT2D eigenvalue weighted by Gasteiger charge is -2.48. The van der Waals surface area contributed by atoms with Crippen molar-refractivity contribution in [3.05, 3.63) is 0 Å². The molecule has 0 spiro atoms. The Kier molecular flexibility index (Phi) is 8.08. The smallest absolute Gasteiger partial charge is 0.184 e. The molecular formula is C16H38O6Si3. The maximum atomic E-state index is 10.5. The Hall–Kier alpha value is 0.411. The Morgan fingerprint density at radius 3 is 1.64 bits per heavy atom. The molecular weight excluding hydrogens is 372 g/mol. The Bertz CT molecular complexity index is 416. The normalized spacial score (nSPS) is 32.0. The molecule has 6 nitrogen and oxygen atoms in total. The van der Waals surface area contributed by atoms with Crippen LogP contribution in [0.25, 0.3) is 0 Å². The molecule has 25 heavy (non-hydrogen) atoms. The van der Waals surface area contributed by atoms with E-state index in [1.54, 1.807) is 7.11 Å². The lowest BCUT2D eigenvalue weighted by molar-refractivity contribution is -0.284. The molecule has 0 bridgehead atoms. The van der Waals surface area contributed by atoms with Crippen molar-refractivity contribution < 1.29 is 27.9 Å². The van der Waals surface area contributed by atoms with E-state index in [1.807, 2.05) is 0 Å². The van der Waals surface area contributed by atoms with E-state index in [0.29, 0.717) is 6.61 Å². The Morgan fingerprint density at radius 1 is 0.760 bits per heavy atom. The van der Waals surface area contributed by atoms with Gasteiger partial charge in [-0.3, -0.25) is 0 Å². The van der Waals surface area contributed by atoms with E-state index in [4.69, 9.17) is 22.8 Å². The van der Waals surface area contributed by atoms with Gasteiger partial charge < -0.3 is 27.9 Å². The van der Waals surface area contributed by atoms with Crippen LogP contribution in [-0.4, -0.2) is 74.5 Å². The Morgan fingerprint density at radius 2 is 1.24 bits per heavy atom. The van der Waals surface area contributed by atoms with Gasteiger partial charge in [-0.25, -0.2) is 0 Å². The summed E-state index contributed by atoms with van der Waals surface area (Å²) in [5.41, 5.74) is 0. The number of hydrogen-bond donors (Lipinski definition) is 1. The van der Waals surface area contributed by atoms with E-state index >= 15 is 0 Å². The summed E-state index contributed by atoms with van der Waals surface area (Å²) in [7, 11) is -3.89. The van der Waals surface area contributed by atoms with Gasteiger partial charge in [-0.1, -0.05) is 0 Å². The maximum Gasteiger partial charge on any atom is 0.184 e.